The molecule has 1 fully saturated rings. The van der Waals surface area contributed by atoms with Crippen LogP contribution in [0, 0.1) is 11.7 Å². The van der Waals surface area contributed by atoms with Crippen molar-refractivity contribution in [3.8, 4) is 0 Å². The highest BCUT2D eigenvalue weighted by Crippen LogP contribution is 2.30. The molecule has 0 bridgehead atoms. The normalized spacial score (nSPS) is 18.2. The first-order valence-electron chi connectivity index (χ1n) is 6.97. The summed E-state index contributed by atoms with van der Waals surface area (Å²) < 4.78 is 13.1. The Morgan fingerprint density at radius 2 is 2.11 bits per heavy atom. The molecule has 2 N–H and O–H groups in total. The first kappa shape index (κ1) is 14.8. The Labute approximate surface area is 119 Å². The van der Waals surface area contributed by atoms with E-state index < -0.39 is 0 Å². The monoisotopic (exact) mass is 284 g/mol. The minimum atomic E-state index is -0.303. The molecule has 0 aromatic heterocycles. The summed E-state index contributed by atoms with van der Waals surface area (Å²) >= 11 is 6.14. The molecule has 0 radical (unpaired) electrons. The van der Waals surface area contributed by atoms with E-state index in [0.29, 0.717) is 11.6 Å². The van der Waals surface area contributed by atoms with Gasteiger partial charge in [0.05, 0.1) is 0 Å². The third-order valence-electron chi connectivity index (χ3n) is 4.10. The summed E-state index contributed by atoms with van der Waals surface area (Å²) in [6.07, 6.45) is 5.28. The molecule has 1 saturated carbocycles. The van der Waals surface area contributed by atoms with Gasteiger partial charge in [-0.15, -0.1) is 0 Å². The van der Waals surface area contributed by atoms with Crippen LogP contribution in [-0.4, -0.2) is 25.0 Å². The largest absolute Gasteiger partial charge is 0.329 e. The van der Waals surface area contributed by atoms with Gasteiger partial charge >= 0.3 is 0 Å². The summed E-state index contributed by atoms with van der Waals surface area (Å²) in [6.45, 7) is 1.53. The predicted octanol–water partition coefficient (Wildman–Crippen LogP) is 3.60. The van der Waals surface area contributed by atoms with Crippen LogP contribution in [0.15, 0.2) is 18.2 Å². The maximum absolute atomic E-state index is 13.1. The number of halogens is 2. The topological polar surface area (TPSA) is 29.3 Å². The average molecular weight is 285 g/mol. The predicted molar refractivity (Wildman–Crippen MR) is 77.8 cm³/mol. The minimum absolute atomic E-state index is 0.0636. The number of nitrogens with zero attached hydrogens (tertiary/aromatic N) is 1. The molecule has 0 amide bonds. The van der Waals surface area contributed by atoms with Gasteiger partial charge in [-0.1, -0.05) is 30.5 Å². The van der Waals surface area contributed by atoms with E-state index >= 15 is 0 Å². The van der Waals surface area contributed by atoms with Crippen LogP contribution in [0.4, 0.5) is 4.39 Å². The van der Waals surface area contributed by atoms with Crippen molar-refractivity contribution in [1.29, 1.82) is 0 Å². The number of likely N-dealkylation sites (N-methyl/N-ethyl adjacent to an activating group) is 1. The summed E-state index contributed by atoms with van der Waals surface area (Å²) in [4.78, 5) is 2.26. The van der Waals surface area contributed by atoms with Gasteiger partial charge in [0.15, 0.2) is 0 Å². The van der Waals surface area contributed by atoms with E-state index in [-0.39, 0.29) is 11.9 Å². The number of benzene rings is 1. The van der Waals surface area contributed by atoms with Gasteiger partial charge in [0.25, 0.3) is 0 Å². The Bertz CT molecular complexity index is 419. The summed E-state index contributed by atoms with van der Waals surface area (Å²) in [7, 11) is 2.08. The average Bonchev–Trinajstić information content (AvgIpc) is 2.85. The molecule has 1 aliphatic rings. The highest BCUT2D eigenvalue weighted by molar-refractivity contribution is 6.31. The van der Waals surface area contributed by atoms with Gasteiger partial charge in [-0.05, 0) is 43.5 Å². The lowest BCUT2D eigenvalue weighted by Crippen LogP contribution is -2.34. The molecule has 1 unspecified atom stereocenters. The molecule has 0 heterocycles. The second-order valence-electron chi connectivity index (χ2n) is 5.51. The van der Waals surface area contributed by atoms with Crippen molar-refractivity contribution in [3.05, 3.63) is 34.6 Å². The summed E-state index contributed by atoms with van der Waals surface area (Å²) in [5.41, 5.74) is 6.82. The molecule has 19 heavy (non-hydrogen) atoms. The molecule has 106 valence electrons. The van der Waals surface area contributed by atoms with E-state index in [1.807, 2.05) is 0 Å². The zero-order valence-corrected chi connectivity index (χ0v) is 12.2. The Hall–Kier alpha value is -0.640. The standard InChI is InChI=1S/C15H22ClFN2/c1-19(10-11-4-2-3-5-11)15(9-18)13-7-6-12(17)8-14(13)16/h6-8,11,15H,2-5,9-10,18H2,1H3. The number of hydrogen-bond acceptors (Lipinski definition) is 2. The van der Waals surface area contributed by atoms with Crippen molar-refractivity contribution in [2.75, 3.05) is 20.1 Å². The van der Waals surface area contributed by atoms with Gasteiger partial charge in [0.1, 0.15) is 5.82 Å². The van der Waals surface area contributed by atoms with E-state index in [1.54, 1.807) is 6.07 Å². The van der Waals surface area contributed by atoms with E-state index in [4.69, 9.17) is 17.3 Å². The first-order chi connectivity index (χ1) is 9.11. The van der Waals surface area contributed by atoms with Crippen LogP contribution >= 0.6 is 11.6 Å². The Morgan fingerprint density at radius 3 is 2.68 bits per heavy atom. The van der Waals surface area contributed by atoms with Crippen molar-refractivity contribution in [2.24, 2.45) is 11.7 Å². The third kappa shape index (κ3) is 3.68. The van der Waals surface area contributed by atoms with Crippen LogP contribution in [0.1, 0.15) is 37.3 Å². The zero-order chi connectivity index (χ0) is 13.8. The van der Waals surface area contributed by atoms with Crippen LogP contribution < -0.4 is 5.73 Å². The van der Waals surface area contributed by atoms with E-state index in [0.717, 1.165) is 18.0 Å². The molecule has 2 nitrogen and oxygen atoms in total. The van der Waals surface area contributed by atoms with Crippen molar-refractivity contribution < 1.29 is 4.39 Å². The Kier molecular flexibility index (Phi) is 5.20. The SMILES string of the molecule is CN(CC1CCCC1)C(CN)c1ccc(F)cc1Cl. The van der Waals surface area contributed by atoms with E-state index in [2.05, 4.69) is 11.9 Å². The van der Waals surface area contributed by atoms with Crippen LogP contribution in [0.25, 0.3) is 0 Å². The van der Waals surface area contributed by atoms with Crippen molar-refractivity contribution in [1.82, 2.24) is 4.90 Å². The fraction of sp³-hybridized carbons (Fsp3) is 0.600. The Morgan fingerprint density at radius 1 is 1.42 bits per heavy atom. The molecule has 1 aromatic rings. The lowest BCUT2D eigenvalue weighted by molar-refractivity contribution is 0.212. The second-order valence-corrected chi connectivity index (χ2v) is 5.91. The van der Waals surface area contributed by atoms with Crippen LogP contribution in [0.5, 0.6) is 0 Å². The second kappa shape index (κ2) is 6.69. The molecule has 0 aliphatic heterocycles. The zero-order valence-electron chi connectivity index (χ0n) is 11.4. The van der Waals surface area contributed by atoms with Crippen LogP contribution in [0.2, 0.25) is 5.02 Å². The third-order valence-corrected chi connectivity index (χ3v) is 4.43. The summed E-state index contributed by atoms with van der Waals surface area (Å²) in [5.74, 6) is 0.459. The van der Waals surface area contributed by atoms with E-state index in [9.17, 15) is 4.39 Å². The number of rotatable bonds is 5. The fourth-order valence-corrected chi connectivity index (χ4v) is 3.34. The maximum Gasteiger partial charge on any atom is 0.124 e. The van der Waals surface area contributed by atoms with Crippen molar-refractivity contribution >= 4 is 11.6 Å². The molecule has 1 aromatic carbocycles. The fourth-order valence-electron chi connectivity index (χ4n) is 3.04. The maximum atomic E-state index is 13.1. The first-order valence-corrected chi connectivity index (χ1v) is 7.35. The van der Waals surface area contributed by atoms with Gasteiger partial charge in [0, 0.05) is 24.2 Å². The molecule has 2 rings (SSSR count). The highest BCUT2D eigenvalue weighted by atomic mass is 35.5. The van der Waals surface area contributed by atoms with Crippen LogP contribution in [-0.2, 0) is 0 Å². The smallest absolute Gasteiger partial charge is 0.124 e. The summed E-state index contributed by atoms with van der Waals surface area (Å²) in [6, 6.07) is 4.63. The minimum Gasteiger partial charge on any atom is -0.329 e. The lowest BCUT2D eigenvalue weighted by atomic mass is 10.0. The molecule has 0 spiro atoms. The van der Waals surface area contributed by atoms with Gasteiger partial charge in [-0.25, -0.2) is 4.39 Å². The quantitative estimate of drug-likeness (QED) is 0.895. The van der Waals surface area contributed by atoms with Crippen molar-refractivity contribution in [3.63, 3.8) is 0 Å². The lowest BCUT2D eigenvalue weighted by Gasteiger charge is -2.30. The van der Waals surface area contributed by atoms with Gasteiger partial charge in [0.2, 0.25) is 0 Å². The molecule has 1 aliphatic carbocycles. The molecule has 4 heteroatoms. The van der Waals surface area contributed by atoms with Crippen LogP contribution in [0.3, 0.4) is 0 Å². The van der Waals surface area contributed by atoms with Gasteiger partial charge in [-0.3, -0.25) is 4.90 Å². The van der Waals surface area contributed by atoms with Gasteiger partial charge in [-0.2, -0.15) is 0 Å². The molecule has 0 saturated heterocycles. The van der Waals surface area contributed by atoms with Crippen molar-refractivity contribution in [2.45, 2.75) is 31.7 Å². The number of nitrogens with two attached hydrogens (primary N) is 1. The summed E-state index contributed by atoms with van der Waals surface area (Å²) in [5, 5.41) is 0.466. The molecular weight excluding hydrogens is 263 g/mol. The number of hydrogen-bond donors (Lipinski definition) is 1. The molecule has 1 atom stereocenters. The van der Waals surface area contributed by atoms with E-state index in [1.165, 1.54) is 37.8 Å². The highest BCUT2D eigenvalue weighted by Gasteiger charge is 2.23. The molecular formula is C15H22ClFN2. The van der Waals surface area contributed by atoms with Gasteiger partial charge < -0.3 is 5.73 Å². The Balaban J connectivity index is 2.09.